The number of rotatable bonds is 6. The van der Waals surface area contributed by atoms with E-state index in [1.165, 1.54) is 18.2 Å². The van der Waals surface area contributed by atoms with Crippen molar-refractivity contribution in [2.75, 3.05) is 20.1 Å². The first-order valence-corrected chi connectivity index (χ1v) is 8.36. The SMILES string of the molecule is CNC(C)CNC(=O)C1CCCN1C(=O)c1ccc([N+](=O)[O-])c(C)c1. The van der Waals surface area contributed by atoms with Crippen molar-refractivity contribution in [3.8, 4) is 0 Å². The zero-order valence-corrected chi connectivity index (χ0v) is 14.7. The molecule has 2 unspecified atom stereocenters. The predicted octanol–water partition coefficient (Wildman–Crippen LogP) is 1.23. The van der Waals surface area contributed by atoms with Crippen molar-refractivity contribution in [2.45, 2.75) is 38.8 Å². The lowest BCUT2D eigenvalue weighted by atomic mass is 10.1. The van der Waals surface area contributed by atoms with E-state index < -0.39 is 11.0 Å². The summed E-state index contributed by atoms with van der Waals surface area (Å²) in [6.07, 6.45) is 1.38. The molecule has 1 aliphatic rings. The maximum atomic E-state index is 12.8. The molecular formula is C17H24N4O4. The summed E-state index contributed by atoms with van der Waals surface area (Å²) < 4.78 is 0. The molecule has 1 saturated heterocycles. The summed E-state index contributed by atoms with van der Waals surface area (Å²) in [7, 11) is 1.82. The molecular weight excluding hydrogens is 324 g/mol. The second-order valence-corrected chi connectivity index (χ2v) is 6.35. The number of amides is 2. The highest BCUT2D eigenvalue weighted by Gasteiger charge is 2.34. The van der Waals surface area contributed by atoms with Gasteiger partial charge in [0.1, 0.15) is 6.04 Å². The Kier molecular flexibility index (Phi) is 6.08. The van der Waals surface area contributed by atoms with Crippen LogP contribution in [0.4, 0.5) is 5.69 Å². The Bertz CT molecular complexity index is 677. The lowest BCUT2D eigenvalue weighted by molar-refractivity contribution is -0.385. The molecule has 0 aromatic heterocycles. The molecule has 136 valence electrons. The maximum absolute atomic E-state index is 12.8. The van der Waals surface area contributed by atoms with Gasteiger partial charge in [0, 0.05) is 36.3 Å². The Labute approximate surface area is 146 Å². The Morgan fingerprint density at radius 2 is 2.16 bits per heavy atom. The number of carbonyl (C=O) groups is 2. The fourth-order valence-corrected chi connectivity index (χ4v) is 2.92. The van der Waals surface area contributed by atoms with Crippen LogP contribution in [0.3, 0.4) is 0 Å². The number of hydrogen-bond acceptors (Lipinski definition) is 5. The summed E-state index contributed by atoms with van der Waals surface area (Å²) in [5.74, 6) is -0.427. The van der Waals surface area contributed by atoms with Gasteiger partial charge in [0.25, 0.3) is 11.6 Å². The van der Waals surface area contributed by atoms with Crippen LogP contribution < -0.4 is 10.6 Å². The first-order chi connectivity index (χ1) is 11.8. The number of nitro groups is 1. The van der Waals surface area contributed by atoms with Crippen LogP contribution >= 0.6 is 0 Å². The van der Waals surface area contributed by atoms with Crippen molar-refractivity contribution >= 4 is 17.5 Å². The topological polar surface area (TPSA) is 105 Å². The minimum atomic E-state index is -0.493. The fourth-order valence-electron chi connectivity index (χ4n) is 2.92. The molecule has 8 nitrogen and oxygen atoms in total. The normalized spacial score (nSPS) is 18.0. The number of nitrogens with one attached hydrogen (secondary N) is 2. The molecule has 0 saturated carbocycles. The highest BCUT2D eigenvalue weighted by Crippen LogP contribution is 2.24. The third-order valence-corrected chi connectivity index (χ3v) is 4.53. The molecule has 1 aromatic rings. The van der Waals surface area contributed by atoms with Crippen molar-refractivity contribution in [2.24, 2.45) is 0 Å². The van der Waals surface area contributed by atoms with E-state index >= 15 is 0 Å². The van der Waals surface area contributed by atoms with E-state index in [-0.39, 0.29) is 23.5 Å². The average Bonchev–Trinajstić information content (AvgIpc) is 3.07. The van der Waals surface area contributed by atoms with Gasteiger partial charge in [-0.1, -0.05) is 0 Å². The average molecular weight is 348 g/mol. The highest BCUT2D eigenvalue weighted by molar-refractivity contribution is 5.98. The second kappa shape index (κ2) is 8.06. The summed E-state index contributed by atoms with van der Waals surface area (Å²) in [5.41, 5.74) is 0.776. The Hall–Kier alpha value is -2.48. The monoisotopic (exact) mass is 348 g/mol. The molecule has 2 N–H and O–H groups in total. The molecule has 1 heterocycles. The molecule has 25 heavy (non-hydrogen) atoms. The van der Waals surface area contributed by atoms with E-state index in [4.69, 9.17) is 0 Å². The number of hydrogen-bond donors (Lipinski definition) is 2. The van der Waals surface area contributed by atoms with E-state index in [1.807, 2.05) is 14.0 Å². The lowest BCUT2D eigenvalue weighted by Gasteiger charge is -2.24. The Morgan fingerprint density at radius 1 is 1.44 bits per heavy atom. The second-order valence-electron chi connectivity index (χ2n) is 6.35. The zero-order valence-electron chi connectivity index (χ0n) is 14.7. The van der Waals surface area contributed by atoms with E-state index in [2.05, 4.69) is 10.6 Å². The molecule has 2 amide bonds. The van der Waals surface area contributed by atoms with E-state index in [0.717, 1.165) is 6.42 Å². The van der Waals surface area contributed by atoms with Gasteiger partial charge in [-0.3, -0.25) is 19.7 Å². The van der Waals surface area contributed by atoms with Crippen molar-refractivity contribution in [3.05, 3.63) is 39.4 Å². The Balaban J connectivity index is 2.11. The zero-order chi connectivity index (χ0) is 18.6. The molecule has 1 fully saturated rings. The number of nitro benzene ring substituents is 1. The first-order valence-electron chi connectivity index (χ1n) is 8.36. The van der Waals surface area contributed by atoms with Crippen molar-refractivity contribution in [1.29, 1.82) is 0 Å². The standard InChI is InChI=1S/C17H24N4O4/c1-11-9-13(6-7-14(11)21(24)25)17(23)20-8-4-5-15(20)16(22)19-10-12(2)18-3/h6-7,9,12,15,18H,4-5,8,10H2,1-3H3,(H,19,22). The molecule has 0 bridgehead atoms. The minimum absolute atomic E-state index is 0.0201. The fraction of sp³-hybridized carbons (Fsp3) is 0.529. The summed E-state index contributed by atoms with van der Waals surface area (Å²) >= 11 is 0. The molecule has 2 atom stereocenters. The molecule has 0 spiro atoms. The van der Waals surface area contributed by atoms with Crippen molar-refractivity contribution < 1.29 is 14.5 Å². The lowest BCUT2D eigenvalue weighted by Crippen LogP contribution is -2.48. The van der Waals surface area contributed by atoms with Crippen LogP contribution in [0.25, 0.3) is 0 Å². The number of likely N-dealkylation sites (N-methyl/N-ethyl adjacent to an activating group) is 1. The van der Waals surface area contributed by atoms with Gasteiger partial charge >= 0.3 is 0 Å². The predicted molar refractivity (Wildman–Crippen MR) is 93.4 cm³/mol. The summed E-state index contributed by atoms with van der Waals surface area (Å²) in [6, 6.07) is 3.95. The van der Waals surface area contributed by atoms with Crippen molar-refractivity contribution in [3.63, 3.8) is 0 Å². The van der Waals surface area contributed by atoms with Crippen LogP contribution in [0.15, 0.2) is 18.2 Å². The van der Waals surface area contributed by atoms with Gasteiger partial charge < -0.3 is 15.5 Å². The quantitative estimate of drug-likeness (QED) is 0.594. The number of benzene rings is 1. The largest absolute Gasteiger partial charge is 0.353 e. The number of aryl methyl sites for hydroxylation is 1. The summed E-state index contributed by atoms with van der Waals surface area (Å²) in [5, 5.41) is 16.8. The van der Waals surface area contributed by atoms with E-state index in [1.54, 1.807) is 11.8 Å². The van der Waals surface area contributed by atoms with Crippen LogP contribution in [-0.4, -0.2) is 53.9 Å². The number of carbonyl (C=O) groups excluding carboxylic acids is 2. The molecule has 0 aliphatic carbocycles. The van der Waals surface area contributed by atoms with Gasteiger partial charge in [-0.15, -0.1) is 0 Å². The third kappa shape index (κ3) is 4.33. The van der Waals surface area contributed by atoms with Crippen LogP contribution in [0.5, 0.6) is 0 Å². The molecule has 8 heteroatoms. The van der Waals surface area contributed by atoms with Gasteiger partial charge in [0.2, 0.25) is 5.91 Å². The van der Waals surface area contributed by atoms with Crippen LogP contribution in [0, 0.1) is 17.0 Å². The molecule has 0 radical (unpaired) electrons. The molecule has 2 rings (SSSR count). The minimum Gasteiger partial charge on any atom is -0.353 e. The number of likely N-dealkylation sites (tertiary alicyclic amines) is 1. The third-order valence-electron chi connectivity index (χ3n) is 4.53. The van der Waals surface area contributed by atoms with Gasteiger partial charge in [-0.25, -0.2) is 0 Å². The molecule has 1 aliphatic heterocycles. The van der Waals surface area contributed by atoms with E-state index in [0.29, 0.717) is 30.6 Å². The maximum Gasteiger partial charge on any atom is 0.272 e. The van der Waals surface area contributed by atoms with Crippen LogP contribution in [0.1, 0.15) is 35.7 Å². The first kappa shape index (κ1) is 18.9. The van der Waals surface area contributed by atoms with Crippen LogP contribution in [-0.2, 0) is 4.79 Å². The van der Waals surface area contributed by atoms with Gasteiger partial charge in [0.05, 0.1) is 4.92 Å². The summed E-state index contributed by atoms with van der Waals surface area (Å²) in [4.78, 5) is 37.1. The van der Waals surface area contributed by atoms with E-state index in [9.17, 15) is 19.7 Å². The van der Waals surface area contributed by atoms with Crippen LogP contribution in [0.2, 0.25) is 0 Å². The number of nitrogens with zero attached hydrogens (tertiary/aromatic N) is 2. The Morgan fingerprint density at radius 3 is 2.76 bits per heavy atom. The van der Waals surface area contributed by atoms with Gasteiger partial charge in [-0.2, -0.15) is 0 Å². The highest BCUT2D eigenvalue weighted by atomic mass is 16.6. The van der Waals surface area contributed by atoms with Gasteiger partial charge in [0.15, 0.2) is 0 Å². The summed E-state index contributed by atoms with van der Waals surface area (Å²) in [6.45, 7) is 4.55. The smallest absolute Gasteiger partial charge is 0.272 e. The molecule has 1 aromatic carbocycles. The van der Waals surface area contributed by atoms with Gasteiger partial charge in [-0.05, 0) is 45.9 Å². The van der Waals surface area contributed by atoms with Crippen molar-refractivity contribution in [1.82, 2.24) is 15.5 Å².